The van der Waals surface area contributed by atoms with Crippen molar-refractivity contribution in [1.29, 1.82) is 0 Å². The number of hydrogen-bond donors (Lipinski definition) is 3. The molecule has 2 heterocycles. The molecule has 0 unspecified atom stereocenters. The van der Waals surface area contributed by atoms with E-state index in [1.54, 1.807) is 37.6 Å². The minimum absolute atomic E-state index is 0.113. The number of nitrogens with zero attached hydrogens (tertiary/aromatic N) is 1. The van der Waals surface area contributed by atoms with E-state index < -0.39 is 17.4 Å². The van der Waals surface area contributed by atoms with E-state index in [1.807, 2.05) is 0 Å². The summed E-state index contributed by atoms with van der Waals surface area (Å²) in [5.74, 6) is -0.902. The minimum Gasteiger partial charge on any atom is -0.497 e. The van der Waals surface area contributed by atoms with Crippen LogP contribution in [0.25, 0.3) is 0 Å². The second-order valence-corrected chi connectivity index (χ2v) is 6.16. The van der Waals surface area contributed by atoms with Crippen LogP contribution in [0.15, 0.2) is 34.2 Å². The van der Waals surface area contributed by atoms with E-state index in [4.69, 9.17) is 4.74 Å². The second kappa shape index (κ2) is 6.98. The molecular formula is C16H16N4O4S. The van der Waals surface area contributed by atoms with Gasteiger partial charge in [-0.2, -0.15) is 0 Å². The van der Waals surface area contributed by atoms with E-state index in [-0.39, 0.29) is 23.7 Å². The average Bonchev–Trinajstić information content (AvgIpc) is 2.61. The van der Waals surface area contributed by atoms with E-state index in [0.29, 0.717) is 16.6 Å². The van der Waals surface area contributed by atoms with Crippen LogP contribution >= 0.6 is 11.8 Å². The summed E-state index contributed by atoms with van der Waals surface area (Å²) in [7, 11) is 1.55. The summed E-state index contributed by atoms with van der Waals surface area (Å²) in [5.41, 5.74) is 0.288. The third-order valence-corrected chi connectivity index (χ3v) is 4.38. The number of nitrogens with one attached hydrogen (secondary N) is 3. The number of carbonyl (C=O) groups is 2. The largest absolute Gasteiger partial charge is 0.497 e. The molecule has 3 N–H and O–H groups in total. The van der Waals surface area contributed by atoms with Gasteiger partial charge in [-0.05, 0) is 30.5 Å². The van der Waals surface area contributed by atoms with Gasteiger partial charge in [0.25, 0.3) is 5.56 Å². The Kier molecular flexibility index (Phi) is 4.75. The van der Waals surface area contributed by atoms with Gasteiger partial charge in [0.15, 0.2) is 5.16 Å². The number of amides is 2. The molecule has 25 heavy (non-hydrogen) atoms. The lowest BCUT2D eigenvalue weighted by Gasteiger charge is -2.23. The van der Waals surface area contributed by atoms with E-state index in [9.17, 15) is 14.4 Å². The lowest BCUT2D eigenvalue weighted by molar-refractivity contribution is -0.123. The monoisotopic (exact) mass is 360 g/mol. The van der Waals surface area contributed by atoms with Crippen molar-refractivity contribution < 1.29 is 14.3 Å². The number of aromatic nitrogens is 2. The van der Waals surface area contributed by atoms with Gasteiger partial charge in [-0.15, -0.1) is 0 Å². The molecule has 0 fully saturated rings. The molecule has 9 heteroatoms. The average molecular weight is 360 g/mol. The van der Waals surface area contributed by atoms with Crippen LogP contribution in [0.5, 0.6) is 5.75 Å². The number of H-pyrrole nitrogens is 1. The van der Waals surface area contributed by atoms with Gasteiger partial charge < -0.3 is 20.4 Å². The predicted octanol–water partition coefficient (Wildman–Crippen LogP) is 1.56. The molecule has 2 amide bonds. The summed E-state index contributed by atoms with van der Waals surface area (Å²) in [6.07, 6.45) is 1.64. The highest BCUT2D eigenvalue weighted by molar-refractivity contribution is 7.98. The van der Waals surface area contributed by atoms with E-state index in [0.717, 1.165) is 0 Å². The van der Waals surface area contributed by atoms with E-state index in [1.165, 1.54) is 11.8 Å². The summed E-state index contributed by atoms with van der Waals surface area (Å²) >= 11 is 1.24. The third kappa shape index (κ3) is 3.50. The fourth-order valence-electron chi connectivity index (χ4n) is 2.58. The molecule has 8 nitrogen and oxygen atoms in total. The standard InChI is InChI=1S/C16H16N4O4S/c1-24-9-5-3-8(4-6-9)17-14(22)10-7-11(21)18-13-12(10)15(23)20-16(19-13)25-2/h3-6,10H,7H2,1-2H3,(H,17,22)(H2,18,19,20,21,23)/t10-/m1/s1. The molecule has 1 atom stereocenters. The molecule has 0 aliphatic carbocycles. The van der Waals surface area contributed by atoms with Crippen molar-refractivity contribution in [2.45, 2.75) is 17.5 Å². The zero-order valence-corrected chi connectivity index (χ0v) is 14.4. The predicted molar refractivity (Wildman–Crippen MR) is 94.3 cm³/mol. The number of rotatable bonds is 4. The van der Waals surface area contributed by atoms with Crippen molar-refractivity contribution in [1.82, 2.24) is 9.97 Å². The molecule has 0 saturated carbocycles. The highest BCUT2D eigenvalue weighted by atomic mass is 32.2. The topological polar surface area (TPSA) is 113 Å². The molecule has 3 rings (SSSR count). The van der Waals surface area contributed by atoms with Crippen LogP contribution in [-0.2, 0) is 9.59 Å². The Morgan fingerprint density at radius 3 is 2.68 bits per heavy atom. The highest BCUT2D eigenvalue weighted by Crippen LogP contribution is 2.30. The molecule has 1 aliphatic heterocycles. The van der Waals surface area contributed by atoms with Crippen LogP contribution in [0.3, 0.4) is 0 Å². The van der Waals surface area contributed by atoms with Gasteiger partial charge in [0.2, 0.25) is 11.8 Å². The van der Waals surface area contributed by atoms with Crippen molar-refractivity contribution in [2.24, 2.45) is 0 Å². The summed E-state index contributed by atoms with van der Waals surface area (Å²) in [6, 6.07) is 6.77. The molecule has 1 aliphatic rings. The first-order chi connectivity index (χ1) is 12.0. The van der Waals surface area contributed by atoms with Crippen LogP contribution in [0.2, 0.25) is 0 Å². The molecule has 2 aromatic rings. The number of fused-ring (bicyclic) bond motifs is 1. The zero-order valence-electron chi connectivity index (χ0n) is 13.6. The summed E-state index contributed by atoms with van der Waals surface area (Å²) in [5, 5.41) is 5.65. The fraction of sp³-hybridized carbons (Fsp3) is 0.250. The number of hydrogen-bond acceptors (Lipinski definition) is 6. The smallest absolute Gasteiger partial charge is 0.257 e. The van der Waals surface area contributed by atoms with Crippen molar-refractivity contribution in [3.05, 3.63) is 40.2 Å². The fourth-order valence-corrected chi connectivity index (χ4v) is 2.95. The Bertz CT molecular complexity index is 879. The van der Waals surface area contributed by atoms with Crippen LogP contribution in [0.1, 0.15) is 17.9 Å². The second-order valence-electron chi connectivity index (χ2n) is 5.36. The van der Waals surface area contributed by atoms with Crippen LogP contribution in [0.4, 0.5) is 11.5 Å². The summed E-state index contributed by atoms with van der Waals surface area (Å²) in [6.45, 7) is 0. The first-order valence-electron chi connectivity index (χ1n) is 7.44. The Morgan fingerprint density at radius 2 is 2.04 bits per heavy atom. The van der Waals surface area contributed by atoms with Gasteiger partial charge in [0, 0.05) is 12.1 Å². The number of methoxy groups -OCH3 is 1. The number of aromatic amines is 1. The number of benzene rings is 1. The van der Waals surface area contributed by atoms with E-state index >= 15 is 0 Å². The maximum absolute atomic E-state index is 12.6. The summed E-state index contributed by atoms with van der Waals surface area (Å²) in [4.78, 5) is 43.7. The highest BCUT2D eigenvalue weighted by Gasteiger charge is 2.34. The molecular weight excluding hydrogens is 344 g/mol. The first-order valence-corrected chi connectivity index (χ1v) is 8.67. The van der Waals surface area contributed by atoms with Crippen molar-refractivity contribution >= 4 is 35.1 Å². The van der Waals surface area contributed by atoms with Gasteiger partial charge >= 0.3 is 0 Å². The van der Waals surface area contributed by atoms with Gasteiger partial charge in [-0.1, -0.05) is 11.8 Å². The SMILES string of the molecule is COc1ccc(NC(=O)[C@@H]2CC(=O)Nc3nc(SC)[nH]c(=O)c32)cc1. The molecule has 0 bridgehead atoms. The Hall–Kier alpha value is -2.81. The van der Waals surface area contributed by atoms with Gasteiger partial charge in [-0.3, -0.25) is 14.4 Å². The molecule has 0 saturated heterocycles. The van der Waals surface area contributed by atoms with Crippen molar-refractivity contribution in [2.75, 3.05) is 24.0 Å². The normalized spacial score (nSPS) is 15.9. The molecule has 0 radical (unpaired) electrons. The van der Waals surface area contributed by atoms with Gasteiger partial charge in [-0.25, -0.2) is 4.98 Å². The van der Waals surface area contributed by atoms with Crippen LogP contribution in [0, 0.1) is 0 Å². The third-order valence-electron chi connectivity index (χ3n) is 3.80. The van der Waals surface area contributed by atoms with Gasteiger partial charge in [0.05, 0.1) is 18.6 Å². The zero-order chi connectivity index (χ0) is 18.0. The van der Waals surface area contributed by atoms with E-state index in [2.05, 4.69) is 20.6 Å². The maximum Gasteiger partial charge on any atom is 0.257 e. The Morgan fingerprint density at radius 1 is 1.32 bits per heavy atom. The number of carbonyl (C=O) groups excluding carboxylic acids is 2. The lowest BCUT2D eigenvalue weighted by atomic mass is 9.92. The molecule has 1 aromatic carbocycles. The maximum atomic E-state index is 12.6. The Labute approximate surface area is 147 Å². The van der Waals surface area contributed by atoms with Crippen LogP contribution < -0.4 is 20.9 Å². The number of ether oxygens (including phenoxy) is 1. The van der Waals surface area contributed by atoms with Crippen LogP contribution in [-0.4, -0.2) is 35.1 Å². The minimum atomic E-state index is -0.905. The van der Waals surface area contributed by atoms with Gasteiger partial charge in [0.1, 0.15) is 11.6 Å². The quantitative estimate of drug-likeness (QED) is 0.563. The van der Waals surface area contributed by atoms with Crippen molar-refractivity contribution in [3.8, 4) is 5.75 Å². The lowest BCUT2D eigenvalue weighted by Crippen LogP contribution is -2.36. The first kappa shape index (κ1) is 17.0. The summed E-state index contributed by atoms with van der Waals surface area (Å²) < 4.78 is 5.07. The number of anilines is 2. The van der Waals surface area contributed by atoms with Crippen molar-refractivity contribution in [3.63, 3.8) is 0 Å². The molecule has 1 aromatic heterocycles. The molecule has 130 valence electrons. The number of thioether (sulfide) groups is 1. The molecule has 0 spiro atoms. The Balaban J connectivity index is 1.90.